The molecular formula is C28H33N3O2. The Morgan fingerprint density at radius 2 is 1.79 bits per heavy atom. The van der Waals surface area contributed by atoms with Gasteiger partial charge in [0, 0.05) is 18.8 Å². The van der Waals surface area contributed by atoms with Crippen molar-refractivity contribution in [3.63, 3.8) is 0 Å². The number of amides is 1. The van der Waals surface area contributed by atoms with E-state index in [2.05, 4.69) is 78.7 Å². The third-order valence-corrected chi connectivity index (χ3v) is 5.41. The molecule has 0 aliphatic rings. The number of nitrogens with zero attached hydrogens (tertiary/aromatic N) is 2. The van der Waals surface area contributed by atoms with E-state index in [0.717, 1.165) is 35.7 Å². The lowest BCUT2D eigenvalue weighted by molar-refractivity contribution is -0.123. The molecule has 33 heavy (non-hydrogen) atoms. The van der Waals surface area contributed by atoms with Crippen LogP contribution < -0.4 is 15.1 Å². The zero-order valence-electron chi connectivity index (χ0n) is 19.9. The number of carbonyl (C=O) groups excluding carboxylic acids is 1. The van der Waals surface area contributed by atoms with Crippen molar-refractivity contribution in [2.75, 3.05) is 18.1 Å². The lowest BCUT2D eigenvalue weighted by Crippen LogP contribution is -2.25. The Morgan fingerprint density at radius 1 is 1.06 bits per heavy atom. The highest BCUT2D eigenvalue weighted by Gasteiger charge is 2.10. The molecule has 0 radical (unpaired) electrons. The van der Waals surface area contributed by atoms with Crippen LogP contribution in [-0.4, -0.2) is 25.3 Å². The minimum absolute atomic E-state index is 0.0794. The van der Waals surface area contributed by atoms with Gasteiger partial charge in [-0.3, -0.25) is 4.79 Å². The second-order valence-electron chi connectivity index (χ2n) is 8.37. The van der Waals surface area contributed by atoms with Crippen molar-refractivity contribution in [1.29, 1.82) is 0 Å². The Balaban J connectivity index is 1.51. The molecule has 0 aromatic heterocycles. The van der Waals surface area contributed by atoms with E-state index in [0.29, 0.717) is 5.92 Å². The zero-order valence-corrected chi connectivity index (χ0v) is 19.9. The topological polar surface area (TPSA) is 53.9 Å². The van der Waals surface area contributed by atoms with E-state index in [1.807, 2.05) is 37.3 Å². The lowest BCUT2D eigenvalue weighted by Gasteiger charge is -2.23. The highest BCUT2D eigenvalue weighted by atomic mass is 16.5. The Morgan fingerprint density at radius 3 is 2.45 bits per heavy atom. The summed E-state index contributed by atoms with van der Waals surface area (Å²) in [5.41, 5.74) is 8.15. The number of nitrogens with one attached hydrogen (secondary N) is 1. The highest BCUT2D eigenvalue weighted by molar-refractivity contribution is 5.83. The van der Waals surface area contributed by atoms with Crippen LogP contribution in [0.5, 0.6) is 5.75 Å². The Hall–Kier alpha value is -3.60. The van der Waals surface area contributed by atoms with Crippen molar-refractivity contribution in [3.05, 3.63) is 95.1 Å². The predicted octanol–water partition coefficient (Wildman–Crippen LogP) is 5.67. The molecule has 0 unspecified atom stereocenters. The molecule has 1 N–H and O–H groups in total. The highest BCUT2D eigenvalue weighted by Crippen LogP contribution is 2.27. The van der Waals surface area contributed by atoms with Gasteiger partial charge in [0.05, 0.1) is 6.21 Å². The fourth-order valence-corrected chi connectivity index (χ4v) is 3.57. The fraction of sp³-hybridized carbons (Fsp3) is 0.286. The number of rotatable bonds is 10. The maximum Gasteiger partial charge on any atom is 0.277 e. The molecule has 0 aliphatic carbocycles. The molecule has 5 nitrogen and oxygen atoms in total. The Labute approximate surface area is 197 Å². The minimum Gasteiger partial charge on any atom is -0.483 e. The summed E-state index contributed by atoms with van der Waals surface area (Å²) in [5.74, 6) is 0.764. The van der Waals surface area contributed by atoms with Crippen LogP contribution in [0, 0.1) is 6.92 Å². The van der Waals surface area contributed by atoms with E-state index < -0.39 is 0 Å². The number of ether oxygens (including phenoxy) is 1. The first-order valence-corrected chi connectivity index (χ1v) is 11.4. The van der Waals surface area contributed by atoms with Gasteiger partial charge in [0.1, 0.15) is 5.75 Å². The van der Waals surface area contributed by atoms with Crippen molar-refractivity contribution in [3.8, 4) is 5.75 Å². The van der Waals surface area contributed by atoms with Crippen molar-refractivity contribution in [1.82, 2.24) is 5.43 Å². The molecule has 1 amide bonds. The van der Waals surface area contributed by atoms with Crippen LogP contribution in [0.25, 0.3) is 0 Å². The number of benzene rings is 3. The van der Waals surface area contributed by atoms with Gasteiger partial charge in [-0.25, -0.2) is 5.43 Å². The summed E-state index contributed by atoms with van der Waals surface area (Å²) < 4.78 is 5.73. The maximum atomic E-state index is 12.2. The lowest BCUT2D eigenvalue weighted by atomic mass is 10.00. The van der Waals surface area contributed by atoms with Gasteiger partial charge in [0.2, 0.25) is 0 Å². The van der Waals surface area contributed by atoms with Crippen LogP contribution in [-0.2, 0) is 11.3 Å². The first kappa shape index (κ1) is 24.1. The van der Waals surface area contributed by atoms with Gasteiger partial charge in [-0.1, -0.05) is 74.0 Å². The fourth-order valence-electron chi connectivity index (χ4n) is 3.57. The summed E-state index contributed by atoms with van der Waals surface area (Å²) in [4.78, 5) is 14.5. The largest absolute Gasteiger partial charge is 0.483 e. The van der Waals surface area contributed by atoms with E-state index in [-0.39, 0.29) is 12.5 Å². The van der Waals surface area contributed by atoms with Crippen molar-refractivity contribution >= 4 is 17.8 Å². The molecule has 0 fully saturated rings. The third-order valence-electron chi connectivity index (χ3n) is 5.41. The summed E-state index contributed by atoms with van der Waals surface area (Å²) in [6.07, 6.45) is 1.64. The average Bonchev–Trinajstić information content (AvgIpc) is 2.83. The smallest absolute Gasteiger partial charge is 0.277 e. The first-order valence-electron chi connectivity index (χ1n) is 11.4. The summed E-state index contributed by atoms with van der Waals surface area (Å²) in [7, 11) is 0. The molecule has 0 bridgehead atoms. The maximum absolute atomic E-state index is 12.2. The number of aryl methyl sites for hydroxylation is 1. The average molecular weight is 444 g/mol. The molecule has 3 rings (SSSR count). The molecule has 5 heteroatoms. The number of anilines is 1. The Bertz CT molecular complexity index is 1060. The summed E-state index contributed by atoms with van der Waals surface area (Å²) in [5, 5.41) is 4.07. The van der Waals surface area contributed by atoms with Crippen molar-refractivity contribution < 1.29 is 9.53 Å². The van der Waals surface area contributed by atoms with Gasteiger partial charge in [-0.15, -0.1) is 0 Å². The molecule has 0 aliphatic heterocycles. The van der Waals surface area contributed by atoms with Crippen LogP contribution in [0.2, 0.25) is 0 Å². The monoisotopic (exact) mass is 443 g/mol. The second-order valence-corrected chi connectivity index (χ2v) is 8.37. The standard InChI is InChI=1S/C28H33N3O2/c1-5-31(19-24-9-7-6-8-10-24)25-14-12-23(13-15-25)18-29-30-28(32)20-33-27-16-11-22(4)17-26(27)21(2)3/h6-18,21H,5,19-20H2,1-4H3,(H,30,32). The second kappa shape index (κ2) is 11.9. The number of hydrogen-bond acceptors (Lipinski definition) is 4. The summed E-state index contributed by atoms with van der Waals surface area (Å²) in [6, 6.07) is 24.6. The van der Waals surface area contributed by atoms with Crippen LogP contribution in [0.3, 0.4) is 0 Å². The van der Waals surface area contributed by atoms with Crippen LogP contribution in [0.1, 0.15) is 48.9 Å². The molecule has 0 atom stereocenters. The SMILES string of the molecule is CCN(Cc1ccccc1)c1ccc(C=NNC(=O)COc2ccc(C)cc2C(C)C)cc1. The number of carbonyl (C=O) groups is 1. The van der Waals surface area contributed by atoms with Gasteiger partial charge < -0.3 is 9.64 Å². The van der Waals surface area contributed by atoms with Crippen LogP contribution in [0.4, 0.5) is 5.69 Å². The van der Waals surface area contributed by atoms with E-state index in [1.54, 1.807) is 6.21 Å². The molecule has 3 aromatic carbocycles. The van der Waals surface area contributed by atoms with E-state index in [9.17, 15) is 4.79 Å². The van der Waals surface area contributed by atoms with E-state index in [4.69, 9.17) is 4.74 Å². The van der Waals surface area contributed by atoms with Crippen LogP contribution >= 0.6 is 0 Å². The van der Waals surface area contributed by atoms with Gasteiger partial charge in [0.25, 0.3) is 5.91 Å². The minimum atomic E-state index is -0.293. The molecular weight excluding hydrogens is 410 g/mol. The normalized spacial score (nSPS) is 11.1. The van der Waals surface area contributed by atoms with Gasteiger partial charge in [0.15, 0.2) is 6.61 Å². The third kappa shape index (κ3) is 7.21. The molecule has 0 spiro atoms. The molecule has 0 saturated heterocycles. The molecule has 0 heterocycles. The van der Waals surface area contributed by atoms with E-state index >= 15 is 0 Å². The first-order chi connectivity index (χ1) is 16.0. The van der Waals surface area contributed by atoms with Gasteiger partial charge >= 0.3 is 0 Å². The van der Waals surface area contributed by atoms with Crippen molar-refractivity contribution in [2.24, 2.45) is 5.10 Å². The number of hydrazone groups is 1. The number of hydrogen-bond donors (Lipinski definition) is 1. The molecule has 0 saturated carbocycles. The van der Waals surface area contributed by atoms with Gasteiger partial charge in [-0.2, -0.15) is 5.10 Å². The predicted molar refractivity (Wildman–Crippen MR) is 136 cm³/mol. The quantitative estimate of drug-likeness (QED) is 0.324. The molecule has 3 aromatic rings. The van der Waals surface area contributed by atoms with E-state index in [1.165, 1.54) is 11.1 Å². The zero-order chi connectivity index (χ0) is 23.6. The summed E-state index contributed by atoms with van der Waals surface area (Å²) >= 11 is 0. The van der Waals surface area contributed by atoms with Crippen molar-refractivity contribution in [2.45, 2.75) is 40.2 Å². The van der Waals surface area contributed by atoms with Crippen LogP contribution in [0.15, 0.2) is 77.9 Å². The summed E-state index contributed by atoms with van der Waals surface area (Å²) in [6.45, 7) is 10.1. The Kier molecular flexibility index (Phi) is 8.64. The molecule has 172 valence electrons. The van der Waals surface area contributed by atoms with Gasteiger partial charge in [-0.05, 0) is 54.7 Å².